The van der Waals surface area contributed by atoms with Gasteiger partial charge in [-0.05, 0) is 55.5 Å². The quantitative estimate of drug-likeness (QED) is 0.762. The van der Waals surface area contributed by atoms with Gasteiger partial charge in [0.15, 0.2) is 0 Å². The third kappa shape index (κ3) is 4.96. The predicted molar refractivity (Wildman–Crippen MR) is 99.1 cm³/mol. The molecule has 0 atom stereocenters. The number of carbonyl (C=O) groups is 1. The van der Waals surface area contributed by atoms with Crippen molar-refractivity contribution >= 4 is 21.6 Å². The Morgan fingerprint density at radius 2 is 1.62 bits per heavy atom. The van der Waals surface area contributed by atoms with Gasteiger partial charge in [-0.1, -0.05) is 0 Å². The minimum absolute atomic E-state index is 0.0923. The fourth-order valence-electron chi connectivity index (χ4n) is 2.22. The van der Waals surface area contributed by atoms with Crippen LogP contribution in [-0.2, 0) is 14.8 Å². The van der Waals surface area contributed by atoms with E-state index >= 15 is 0 Å². The summed E-state index contributed by atoms with van der Waals surface area (Å²) in [5, 5.41) is 2.66. The van der Waals surface area contributed by atoms with Crippen molar-refractivity contribution in [2.75, 3.05) is 32.6 Å². The average molecular weight is 378 g/mol. The summed E-state index contributed by atoms with van der Waals surface area (Å²) < 4.78 is 36.4. The van der Waals surface area contributed by atoms with Gasteiger partial charge in [0.05, 0.1) is 25.2 Å². The van der Waals surface area contributed by atoms with Gasteiger partial charge in [0.1, 0.15) is 11.5 Å². The number of sulfonamides is 1. The molecule has 1 N–H and O–H groups in total. The van der Waals surface area contributed by atoms with Crippen LogP contribution in [0.5, 0.6) is 11.5 Å². The first-order valence-corrected chi connectivity index (χ1v) is 9.44. The first kappa shape index (κ1) is 19.7. The van der Waals surface area contributed by atoms with Crippen LogP contribution in [0.25, 0.3) is 0 Å². The number of hydrogen-bond acceptors (Lipinski definition) is 5. The molecule has 1 amide bonds. The highest BCUT2D eigenvalue weighted by molar-refractivity contribution is 7.89. The molecule has 2 aromatic rings. The molecule has 8 heteroatoms. The molecular formula is C18H22N2O5S. The average Bonchev–Trinajstić information content (AvgIpc) is 2.63. The molecular weight excluding hydrogens is 356 g/mol. The van der Waals surface area contributed by atoms with Crippen LogP contribution in [0.1, 0.15) is 6.92 Å². The van der Waals surface area contributed by atoms with Crippen LogP contribution in [-0.4, -0.2) is 45.9 Å². The van der Waals surface area contributed by atoms with E-state index in [4.69, 9.17) is 9.47 Å². The number of methoxy groups -OCH3 is 1. The fourth-order valence-corrected chi connectivity index (χ4v) is 3.34. The number of rotatable bonds is 8. The van der Waals surface area contributed by atoms with Gasteiger partial charge in [-0.25, -0.2) is 8.42 Å². The van der Waals surface area contributed by atoms with E-state index in [2.05, 4.69) is 5.32 Å². The minimum Gasteiger partial charge on any atom is -0.497 e. The van der Waals surface area contributed by atoms with Gasteiger partial charge in [0, 0.05) is 12.7 Å². The third-order valence-corrected chi connectivity index (χ3v) is 5.40. The first-order chi connectivity index (χ1) is 12.4. The lowest BCUT2D eigenvalue weighted by atomic mass is 10.3. The maximum Gasteiger partial charge on any atom is 0.243 e. The Morgan fingerprint density at radius 3 is 2.15 bits per heavy atom. The maximum atomic E-state index is 12.5. The minimum atomic E-state index is -3.77. The molecule has 0 saturated carbocycles. The van der Waals surface area contributed by atoms with Crippen LogP contribution in [0.3, 0.4) is 0 Å². The van der Waals surface area contributed by atoms with E-state index in [0.717, 1.165) is 4.31 Å². The predicted octanol–water partition coefficient (Wildman–Crippen LogP) is 2.35. The maximum absolute atomic E-state index is 12.5. The molecule has 0 spiro atoms. The Kier molecular flexibility index (Phi) is 6.59. The molecule has 26 heavy (non-hydrogen) atoms. The molecule has 0 fully saturated rings. The van der Waals surface area contributed by atoms with Crippen molar-refractivity contribution in [3.05, 3.63) is 48.5 Å². The van der Waals surface area contributed by atoms with E-state index in [0.29, 0.717) is 23.8 Å². The first-order valence-electron chi connectivity index (χ1n) is 8.00. The van der Waals surface area contributed by atoms with Crippen molar-refractivity contribution < 1.29 is 22.7 Å². The summed E-state index contributed by atoms with van der Waals surface area (Å²) in [5.41, 5.74) is 0.564. The summed E-state index contributed by atoms with van der Waals surface area (Å²) in [4.78, 5) is 12.2. The molecule has 7 nitrogen and oxygen atoms in total. The molecule has 0 radical (unpaired) electrons. The summed E-state index contributed by atoms with van der Waals surface area (Å²) in [6.45, 7) is 2.13. The zero-order valence-electron chi connectivity index (χ0n) is 14.9. The number of hydrogen-bond donors (Lipinski definition) is 1. The Morgan fingerprint density at radius 1 is 1.04 bits per heavy atom. The lowest BCUT2D eigenvalue weighted by molar-refractivity contribution is -0.116. The normalized spacial score (nSPS) is 11.2. The van der Waals surface area contributed by atoms with E-state index in [9.17, 15) is 13.2 Å². The summed E-state index contributed by atoms with van der Waals surface area (Å²) in [6, 6.07) is 12.8. The van der Waals surface area contributed by atoms with E-state index in [1.54, 1.807) is 36.4 Å². The molecule has 0 aromatic heterocycles. The zero-order chi connectivity index (χ0) is 19.2. The second-order valence-electron chi connectivity index (χ2n) is 5.44. The highest BCUT2D eigenvalue weighted by Gasteiger charge is 2.23. The third-order valence-electron chi connectivity index (χ3n) is 3.58. The molecule has 0 heterocycles. The molecule has 2 rings (SSSR count). The topological polar surface area (TPSA) is 84.9 Å². The highest BCUT2D eigenvalue weighted by Crippen LogP contribution is 2.19. The van der Waals surface area contributed by atoms with Gasteiger partial charge < -0.3 is 14.8 Å². The van der Waals surface area contributed by atoms with Gasteiger partial charge in [0.2, 0.25) is 15.9 Å². The number of carbonyl (C=O) groups excluding carboxylic acids is 1. The van der Waals surface area contributed by atoms with E-state index < -0.39 is 15.9 Å². The molecule has 0 aliphatic heterocycles. The van der Waals surface area contributed by atoms with Gasteiger partial charge in [-0.3, -0.25) is 4.79 Å². The van der Waals surface area contributed by atoms with Crippen molar-refractivity contribution in [3.8, 4) is 11.5 Å². The van der Waals surface area contributed by atoms with Crippen molar-refractivity contribution in [1.29, 1.82) is 0 Å². The Hall–Kier alpha value is -2.58. The Bertz CT molecular complexity index is 833. The number of anilines is 1. The van der Waals surface area contributed by atoms with Crippen LogP contribution in [0.15, 0.2) is 53.4 Å². The van der Waals surface area contributed by atoms with E-state index in [1.807, 2.05) is 6.92 Å². The summed E-state index contributed by atoms with van der Waals surface area (Å²) >= 11 is 0. The van der Waals surface area contributed by atoms with Gasteiger partial charge in [0.25, 0.3) is 0 Å². The molecule has 0 aliphatic rings. The molecule has 0 saturated heterocycles. The number of nitrogens with zero attached hydrogens (tertiary/aromatic N) is 1. The zero-order valence-corrected chi connectivity index (χ0v) is 15.7. The largest absolute Gasteiger partial charge is 0.497 e. The van der Waals surface area contributed by atoms with Crippen molar-refractivity contribution in [3.63, 3.8) is 0 Å². The van der Waals surface area contributed by atoms with Crippen molar-refractivity contribution in [2.45, 2.75) is 11.8 Å². The Balaban J connectivity index is 2.00. The summed E-state index contributed by atoms with van der Waals surface area (Å²) in [5.74, 6) is 0.818. The second-order valence-corrected chi connectivity index (χ2v) is 7.49. The number of ether oxygens (including phenoxy) is 2. The number of likely N-dealkylation sites (N-methyl/N-ethyl adjacent to an activating group) is 1. The number of benzene rings is 2. The van der Waals surface area contributed by atoms with Crippen molar-refractivity contribution in [1.82, 2.24) is 4.31 Å². The Labute approximate surface area is 153 Å². The monoisotopic (exact) mass is 378 g/mol. The summed E-state index contributed by atoms with van der Waals surface area (Å²) in [7, 11) is -0.909. The molecule has 0 bridgehead atoms. The van der Waals surface area contributed by atoms with Crippen LogP contribution in [0.2, 0.25) is 0 Å². The second kappa shape index (κ2) is 8.68. The van der Waals surface area contributed by atoms with Gasteiger partial charge in [-0.2, -0.15) is 4.31 Å². The van der Waals surface area contributed by atoms with E-state index in [1.165, 1.54) is 26.3 Å². The fraction of sp³-hybridized carbons (Fsp3) is 0.278. The summed E-state index contributed by atoms with van der Waals surface area (Å²) in [6.07, 6.45) is 0. The smallest absolute Gasteiger partial charge is 0.243 e. The van der Waals surface area contributed by atoms with E-state index in [-0.39, 0.29) is 11.4 Å². The molecule has 0 aliphatic carbocycles. The number of nitrogens with one attached hydrogen (secondary N) is 1. The lowest BCUT2D eigenvalue weighted by Crippen LogP contribution is -2.34. The molecule has 140 valence electrons. The van der Waals surface area contributed by atoms with Gasteiger partial charge >= 0.3 is 0 Å². The van der Waals surface area contributed by atoms with Crippen molar-refractivity contribution in [2.24, 2.45) is 0 Å². The highest BCUT2D eigenvalue weighted by atomic mass is 32.2. The number of amides is 1. The molecule has 2 aromatic carbocycles. The van der Waals surface area contributed by atoms with Crippen LogP contribution in [0, 0.1) is 0 Å². The lowest BCUT2D eigenvalue weighted by Gasteiger charge is -2.17. The standard InChI is InChI=1S/C18H22N2O5S/c1-4-25-16-7-5-14(6-8-16)19-18(21)13-20(2)26(22,23)17-11-9-15(24-3)10-12-17/h5-12H,4,13H2,1-3H3,(H,19,21). The SMILES string of the molecule is CCOc1ccc(NC(=O)CN(C)S(=O)(=O)c2ccc(OC)cc2)cc1. The molecule has 0 unspecified atom stereocenters. The van der Waals surface area contributed by atoms with Crippen LogP contribution >= 0.6 is 0 Å². The van der Waals surface area contributed by atoms with Crippen LogP contribution in [0.4, 0.5) is 5.69 Å². The van der Waals surface area contributed by atoms with Gasteiger partial charge in [-0.15, -0.1) is 0 Å². The van der Waals surface area contributed by atoms with Crippen LogP contribution < -0.4 is 14.8 Å².